The van der Waals surface area contributed by atoms with E-state index in [-0.39, 0.29) is 6.04 Å². The Morgan fingerprint density at radius 3 is 2.42 bits per heavy atom. The summed E-state index contributed by atoms with van der Waals surface area (Å²) in [6, 6.07) is 7.15. The van der Waals surface area contributed by atoms with E-state index in [2.05, 4.69) is 5.32 Å². The van der Waals surface area contributed by atoms with E-state index in [4.69, 9.17) is 0 Å². The van der Waals surface area contributed by atoms with Gasteiger partial charge in [-0.2, -0.15) is 4.31 Å². The first kappa shape index (κ1) is 16.1. The molecule has 0 atom stereocenters. The van der Waals surface area contributed by atoms with E-state index in [1.807, 2.05) is 40.0 Å². The number of hydrogen-bond donors (Lipinski definition) is 1. The van der Waals surface area contributed by atoms with Crippen LogP contribution in [0.2, 0.25) is 0 Å². The van der Waals surface area contributed by atoms with Crippen molar-refractivity contribution in [2.75, 3.05) is 13.6 Å². The maximum atomic E-state index is 12.8. The van der Waals surface area contributed by atoms with Crippen LogP contribution >= 0.6 is 0 Å². The van der Waals surface area contributed by atoms with Gasteiger partial charge >= 0.3 is 0 Å². The van der Waals surface area contributed by atoms with Gasteiger partial charge in [0.1, 0.15) is 0 Å². The van der Waals surface area contributed by atoms with Crippen LogP contribution in [0.3, 0.4) is 0 Å². The fraction of sp³-hybridized carbons (Fsp3) is 0.571. The van der Waals surface area contributed by atoms with Gasteiger partial charge in [0, 0.05) is 19.1 Å². The molecule has 4 nitrogen and oxygen atoms in total. The minimum atomic E-state index is -3.42. The molecule has 0 aromatic heterocycles. The SMILES string of the molecule is CCCN(C(C)C)S(=O)(=O)c1ccccc1CNC. The van der Waals surface area contributed by atoms with Crippen molar-refractivity contribution >= 4 is 10.0 Å². The number of sulfonamides is 1. The predicted molar refractivity (Wildman–Crippen MR) is 78.5 cm³/mol. The number of nitrogens with zero attached hydrogens (tertiary/aromatic N) is 1. The van der Waals surface area contributed by atoms with Crippen molar-refractivity contribution < 1.29 is 8.42 Å². The van der Waals surface area contributed by atoms with Crippen LogP contribution in [-0.4, -0.2) is 32.4 Å². The van der Waals surface area contributed by atoms with Gasteiger partial charge in [0.15, 0.2) is 0 Å². The topological polar surface area (TPSA) is 49.4 Å². The summed E-state index contributed by atoms with van der Waals surface area (Å²) >= 11 is 0. The molecule has 5 heteroatoms. The van der Waals surface area contributed by atoms with E-state index >= 15 is 0 Å². The number of nitrogens with one attached hydrogen (secondary N) is 1. The Hall–Kier alpha value is -0.910. The van der Waals surface area contributed by atoms with Gasteiger partial charge in [-0.3, -0.25) is 0 Å². The molecule has 0 saturated heterocycles. The maximum Gasteiger partial charge on any atom is 0.243 e. The van der Waals surface area contributed by atoms with E-state index in [9.17, 15) is 8.42 Å². The predicted octanol–water partition coefficient (Wildman–Crippen LogP) is 2.22. The molecule has 1 rings (SSSR count). The summed E-state index contributed by atoms with van der Waals surface area (Å²) in [7, 11) is -1.61. The average Bonchev–Trinajstić information content (AvgIpc) is 2.36. The van der Waals surface area contributed by atoms with Gasteiger partial charge < -0.3 is 5.32 Å². The summed E-state index contributed by atoms with van der Waals surface area (Å²) in [4.78, 5) is 0.409. The standard InChI is InChI=1S/C14H24N2O2S/c1-5-10-16(12(2)3)19(17,18)14-9-7-6-8-13(14)11-15-4/h6-9,12,15H,5,10-11H2,1-4H3. The van der Waals surface area contributed by atoms with E-state index in [1.165, 1.54) is 0 Å². The van der Waals surface area contributed by atoms with Crippen molar-refractivity contribution in [1.29, 1.82) is 0 Å². The molecular weight excluding hydrogens is 260 g/mol. The molecule has 0 bridgehead atoms. The molecule has 0 amide bonds. The fourth-order valence-electron chi connectivity index (χ4n) is 2.09. The molecule has 1 aromatic carbocycles. The number of hydrogen-bond acceptors (Lipinski definition) is 3. The third-order valence-electron chi connectivity index (χ3n) is 2.95. The number of rotatable bonds is 7. The molecule has 0 heterocycles. The van der Waals surface area contributed by atoms with Crippen LogP contribution in [-0.2, 0) is 16.6 Å². The summed E-state index contributed by atoms with van der Waals surface area (Å²) < 4.78 is 27.1. The molecule has 0 aliphatic carbocycles. The minimum absolute atomic E-state index is 0.0346. The highest BCUT2D eigenvalue weighted by Gasteiger charge is 2.27. The second-order valence-electron chi connectivity index (χ2n) is 4.85. The van der Waals surface area contributed by atoms with Crippen molar-refractivity contribution in [3.63, 3.8) is 0 Å². The molecule has 0 spiro atoms. The molecule has 0 aliphatic rings. The third kappa shape index (κ3) is 3.78. The molecule has 0 unspecified atom stereocenters. The Kier molecular flexibility index (Phi) is 5.97. The van der Waals surface area contributed by atoms with Crippen LogP contribution in [0.1, 0.15) is 32.8 Å². The van der Waals surface area contributed by atoms with Gasteiger partial charge in [0.05, 0.1) is 4.90 Å². The van der Waals surface area contributed by atoms with Crippen molar-refractivity contribution in [3.8, 4) is 0 Å². The quantitative estimate of drug-likeness (QED) is 0.835. The van der Waals surface area contributed by atoms with Crippen molar-refractivity contribution in [2.45, 2.75) is 44.7 Å². The van der Waals surface area contributed by atoms with Crippen LogP contribution in [0.5, 0.6) is 0 Å². The molecule has 19 heavy (non-hydrogen) atoms. The first-order valence-electron chi connectivity index (χ1n) is 6.69. The van der Waals surface area contributed by atoms with Crippen LogP contribution in [0.4, 0.5) is 0 Å². The normalized spacial score (nSPS) is 12.3. The van der Waals surface area contributed by atoms with Gasteiger partial charge in [0.2, 0.25) is 10.0 Å². The van der Waals surface area contributed by atoms with E-state index in [0.29, 0.717) is 18.0 Å². The monoisotopic (exact) mass is 284 g/mol. The van der Waals surface area contributed by atoms with Gasteiger partial charge in [-0.25, -0.2) is 8.42 Å². The summed E-state index contributed by atoms with van der Waals surface area (Å²) in [5.41, 5.74) is 0.812. The largest absolute Gasteiger partial charge is 0.316 e. The van der Waals surface area contributed by atoms with Gasteiger partial charge in [-0.15, -0.1) is 0 Å². The molecule has 0 radical (unpaired) electrons. The highest BCUT2D eigenvalue weighted by atomic mass is 32.2. The second-order valence-corrected chi connectivity index (χ2v) is 6.71. The lowest BCUT2D eigenvalue weighted by molar-refractivity contribution is 0.353. The molecule has 0 fully saturated rings. The average molecular weight is 284 g/mol. The zero-order valence-corrected chi connectivity index (χ0v) is 13.0. The molecule has 0 saturated carbocycles. The first-order valence-corrected chi connectivity index (χ1v) is 8.13. The van der Waals surface area contributed by atoms with Gasteiger partial charge in [0.25, 0.3) is 0 Å². The Morgan fingerprint density at radius 2 is 1.89 bits per heavy atom. The maximum absolute atomic E-state index is 12.8. The molecule has 1 aromatic rings. The van der Waals surface area contributed by atoms with Crippen LogP contribution in [0.25, 0.3) is 0 Å². The van der Waals surface area contributed by atoms with Gasteiger partial charge in [-0.1, -0.05) is 25.1 Å². The van der Waals surface area contributed by atoms with Crippen molar-refractivity contribution in [3.05, 3.63) is 29.8 Å². The van der Waals surface area contributed by atoms with Crippen LogP contribution < -0.4 is 5.32 Å². The number of benzene rings is 1. The van der Waals surface area contributed by atoms with E-state index < -0.39 is 10.0 Å². The van der Waals surface area contributed by atoms with E-state index in [1.54, 1.807) is 16.4 Å². The summed E-state index contributed by atoms with van der Waals surface area (Å²) in [6.07, 6.45) is 0.811. The highest BCUT2D eigenvalue weighted by molar-refractivity contribution is 7.89. The lowest BCUT2D eigenvalue weighted by Gasteiger charge is -2.26. The summed E-state index contributed by atoms with van der Waals surface area (Å²) in [5, 5.41) is 3.01. The summed E-state index contributed by atoms with van der Waals surface area (Å²) in [6.45, 7) is 6.91. The lowest BCUT2D eigenvalue weighted by Crippen LogP contribution is -2.38. The second kappa shape index (κ2) is 7.03. The Morgan fingerprint density at radius 1 is 1.26 bits per heavy atom. The first-order chi connectivity index (χ1) is 8.95. The fourth-order valence-corrected chi connectivity index (χ4v) is 4.05. The van der Waals surface area contributed by atoms with Crippen LogP contribution in [0.15, 0.2) is 29.2 Å². The summed E-state index contributed by atoms with van der Waals surface area (Å²) in [5.74, 6) is 0. The zero-order chi connectivity index (χ0) is 14.5. The Bertz CT molecular complexity index is 498. The van der Waals surface area contributed by atoms with E-state index in [0.717, 1.165) is 12.0 Å². The minimum Gasteiger partial charge on any atom is -0.316 e. The molecule has 1 N–H and O–H groups in total. The Labute approximate surface area is 116 Å². The van der Waals surface area contributed by atoms with Gasteiger partial charge in [-0.05, 0) is 38.9 Å². The van der Waals surface area contributed by atoms with Crippen LogP contribution in [0, 0.1) is 0 Å². The lowest BCUT2D eigenvalue weighted by atomic mass is 10.2. The third-order valence-corrected chi connectivity index (χ3v) is 5.12. The molecule has 108 valence electrons. The molecule has 0 aliphatic heterocycles. The zero-order valence-electron chi connectivity index (χ0n) is 12.2. The Balaban J connectivity index is 3.25. The van der Waals surface area contributed by atoms with Crippen molar-refractivity contribution in [2.24, 2.45) is 0 Å². The smallest absolute Gasteiger partial charge is 0.243 e. The molecular formula is C14H24N2O2S. The highest BCUT2D eigenvalue weighted by Crippen LogP contribution is 2.22. The van der Waals surface area contributed by atoms with Crippen molar-refractivity contribution in [1.82, 2.24) is 9.62 Å².